The summed E-state index contributed by atoms with van der Waals surface area (Å²) in [7, 11) is 0. The molecule has 2 aromatic heterocycles. The van der Waals surface area contributed by atoms with E-state index in [1.807, 2.05) is 41.0 Å². The van der Waals surface area contributed by atoms with Crippen molar-refractivity contribution < 1.29 is 9.59 Å². The third kappa shape index (κ3) is 3.44. The van der Waals surface area contributed by atoms with Crippen molar-refractivity contribution in [1.82, 2.24) is 19.8 Å². The Bertz CT molecular complexity index is 844. The normalized spacial score (nSPS) is 18.9. The maximum Gasteiger partial charge on any atom is 0.272 e. The second-order valence-corrected chi connectivity index (χ2v) is 7.52. The number of carbonyl (C=O) groups is 2. The van der Waals surface area contributed by atoms with E-state index in [9.17, 15) is 9.59 Å². The lowest BCUT2D eigenvalue weighted by Crippen LogP contribution is -2.53. The van der Waals surface area contributed by atoms with E-state index in [1.165, 1.54) is 0 Å². The first kappa shape index (κ1) is 17.6. The highest BCUT2D eigenvalue weighted by Gasteiger charge is 2.47. The first-order chi connectivity index (χ1) is 13.1. The zero-order valence-electron chi connectivity index (χ0n) is 15.6. The third-order valence-corrected chi connectivity index (χ3v) is 5.86. The van der Waals surface area contributed by atoms with Gasteiger partial charge in [-0.15, -0.1) is 0 Å². The molecule has 2 aromatic rings. The Morgan fingerprint density at radius 2 is 1.85 bits per heavy atom. The predicted molar refractivity (Wildman–Crippen MR) is 101 cm³/mol. The number of piperidine rings is 1. The molecular formula is C21H24N4O2. The van der Waals surface area contributed by atoms with Gasteiger partial charge < -0.3 is 9.80 Å². The summed E-state index contributed by atoms with van der Waals surface area (Å²) in [5.74, 6) is 0.200. The number of likely N-dealkylation sites (tertiary alicyclic amines) is 2. The Balaban J connectivity index is 1.46. The highest BCUT2D eigenvalue weighted by atomic mass is 16.2. The molecule has 27 heavy (non-hydrogen) atoms. The third-order valence-electron chi connectivity index (χ3n) is 5.86. The van der Waals surface area contributed by atoms with Gasteiger partial charge >= 0.3 is 0 Å². The zero-order chi connectivity index (χ0) is 18.9. The van der Waals surface area contributed by atoms with Gasteiger partial charge in [-0.3, -0.25) is 14.6 Å². The SMILES string of the molecule is Cc1cccc(C(=O)N2CCC3(CCC(=O)N3Cc3ccncc3)CC2)n1. The van der Waals surface area contributed by atoms with Crippen LogP contribution in [-0.4, -0.2) is 50.2 Å². The molecule has 6 heteroatoms. The summed E-state index contributed by atoms with van der Waals surface area (Å²) in [5, 5.41) is 0. The van der Waals surface area contributed by atoms with Crippen LogP contribution in [0.15, 0.2) is 42.7 Å². The highest BCUT2D eigenvalue weighted by Crippen LogP contribution is 2.40. The van der Waals surface area contributed by atoms with Gasteiger partial charge in [0.05, 0.1) is 0 Å². The number of pyridine rings is 2. The fraction of sp³-hybridized carbons (Fsp3) is 0.429. The van der Waals surface area contributed by atoms with Crippen LogP contribution in [0.4, 0.5) is 0 Å². The molecule has 6 nitrogen and oxygen atoms in total. The first-order valence-electron chi connectivity index (χ1n) is 9.50. The van der Waals surface area contributed by atoms with Crippen LogP contribution in [0.25, 0.3) is 0 Å². The smallest absolute Gasteiger partial charge is 0.272 e. The Labute approximate surface area is 159 Å². The van der Waals surface area contributed by atoms with Gasteiger partial charge in [0.15, 0.2) is 0 Å². The van der Waals surface area contributed by atoms with E-state index in [1.54, 1.807) is 18.5 Å². The van der Waals surface area contributed by atoms with Crippen LogP contribution in [0.5, 0.6) is 0 Å². The minimum absolute atomic E-state index is 0.0152. The molecule has 4 rings (SSSR count). The maximum atomic E-state index is 12.8. The second-order valence-electron chi connectivity index (χ2n) is 7.52. The fourth-order valence-electron chi connectivity index (χ4n) is 4.27. The summed E-state index contributed by atoms with van der Waals surface area (Å²) in [6.45, 7) is 3.83. The molecule has 2 saturated heterocycles. The summed E-state index contributed by atoms with van der Waals surface area (Å²) in [4.78, 5) is 37.6. The van der Waals surface area contributed by atoms with Gasteiger partial charge in [0, 0.05) is 49.7 Å². The minimum atomic E-state index is -0.128. The molecule has 0 N–H and O–H groups in total. The number of aromatic nitrogens is 2. The summed E-state index contributed by atoms with van der Waals surface area (Å²) in [6.07, 6.45) is 6.64. The van der Waals surface area contributed by atoms with Crippen molar-refractivity contribution in [3.05, 3.63) is 59.7 Å². The van der Waals surface area contributed by atoms with Crippen molar-refractivity contribution in [3.63, 3.8) is 0 Å². The molecule has 0 saturated carbocycles. The average Bonchev–Trinajstić information content (AvgIpc) is 2.99. The van der Waals surface area contributed by atoms with Crippen molar-refractivity contribution in [1.29, 1.82) is 0 Å². The quantitative estimate of drug-likeness (QED) is 0.840. The van der Waals surface area contributed by atoms with Gasteiger partial charge in [0.1, 0.15) is 5.69 Å². The molecule has 2 aliphatic rings. The first-order valence-corrected chi connectivity index (χ1v) is 9.50. The van der Waals surface area contributed by atoms with Crippen molar-refractivity contribution in [3.8, 4) is 0 Å². The number of amides is 2. The van der Waals surface area contributed by atoms with Gasteiger partial charge in [-0.2, -0.15) is 0 Å². The summed E-state index contributed by atoms with van der Waals surface area (Å²) >= 11 is 0. The van der Waals surface area contributed by atoms with E-state index in [-0.39, 0.29) is 17.4 Å². The Hall–Kier alpha value is -2.76. The van der Waals surface area contributed by atoms with Crippen LogP contribution < -0.4 is 0 Å². The number of carbonyl (C=O) groups excluding carboxylic acids is 2. The summed E-state index contributed by atoms with van der Waals surface area (Å²) in [6, 6.07) is 9.45. The summed E-state index contributed by atoms with van der Waals surface area (Å²) < 4.78 is 0. The molecule has 0 bridgehead atoms. The van der Waals surface area contributed by atoms with Crippen molar-refractivity contribution in [2.45, 2.75) is 44.7 Å². The van der Waals surface area contributed by atoms with Crippen molar-refractivity contribution in [2.75, 3.05) is 13.1 Å². The summed E-state index contributed by atoms with van der Waals surface area (Å²) in [5.41, 5.74) is 2.32. The molecule has 1 spiro atoms. The van der Waals surface area contributed by atoms with E-state index < -0.39 is 0 Å². The Morgan fingerprint density at radius 3 is 2.56 bits per heavy atom. The van der Waals surface area contributed by atoms with Crippen molar-refractivity contribution in [2.24, 2.45) is 0 Å². The number of nitrogens with zero attached hydrogens (tertiary/aromatic N) is 4. The molecule has 0 aliphatic carbocycles. The molecule has 140 valence electrons. The number of rotatable bonds is 3. The van der Waals surface area contributed by atoms with E-state index >= 15 is 0 Å². The molecule has 0 unspecified atom stereocenters. The molecule has 2 fully saturated rings. The lowest BCUT2D eigenvalue weighted by atomic mass is 9.84. The van der Waals surface area contributed by atoms with Gasteiger partial charge in [0.25, 0.3) is 5.91 Å². The van der Waals surface area contributed by atoms with Crippen LogP contribution >= 0.6 is 0 Å². The van der Waals surface area contributed by atoms with E-state index in [0.717, 1.165) is 30.5 Å². The molecule has 2 amide bonds. The molecule has 0 aromatic carbocycles. The van der Waals surface area contributed by atoms with Crippen LogP contribution in [-0.2, 0) is 11.3 Å². The largest absolute Gasteiger partial charge is 0.337 e. The average molecular weight is 364 g/mol. The maximum absolute atomic E-state index is 12.8. The van der Waals surface area contributed by atoms with E-state index in [4.69, 9.17) is 0 Å². The topological polar surface area (TPSA) is 66.4 Å². The molecule has 0 radical (unpaired) electrons. The monoisotopic (exact) mass is 364 g/mol. The zero-order valence-corrected chi connectivity index (χ0v) is 15.6. The van der Waals surface area contributed by atoms with Crippen molar-refractivity contribution >= 4 is 11.8 Å². The lowest BCUT2D eigenvalue weighted by molar-refractivity contribution is -0.133. The Kier molecular flexibility index (Phi) is 4.64. The molecular weight excluding hydrogens is 340 g/mol. The second kappa shape index (κ2) is 7.10. The standard InChI is InChI=1S/C21H24N4O2/c1-16-3-2-4-18(23-16)20(27)24-13-9-21(10-14-24)8-5-19(26)25(21)15-17-6-11-22-12-7-17/h2-4,6-7,11-12H,5,8-10,13-15H2,1H3. The Morgan fingerprint density at radius 1 is 1.11 bits per heavy atom. The van der Waals surface area contributed by atoms with Crippen LogP contribution in [0.2, 0.25) is 0 Å². The van der Waals surface area contributed by atoms with Gasteiger partial charge in [-0.1, -0.05) is 6.07 Å². The molecule has 0 atom stereocenters. The van der Waals surface area contributed by atoms with Crippen LogP contribution in [0, 0.1) is 6.92 Å². The minimum Gasteiger partial charge on any atom is -0.337 e. The molecule has 2 aliphatic heterocycles. The molecule has 4 heterocycles. The van der Waals surface area contributed by atoms with Crippen LogP contribution in [0.3, 0.4) is 0 Å². The fourth-order valence-corrected chi connectivity index (χ4v) is 4.27. The number of aryl methyl sites for hydroxylation is 1. The predicted octanol–water partition coefficient (Wildman–Crippen LogP) is 2.58. The lowest BCUT2D eigenvalue weighted by Gasteiger charge is -2.45. The van der Waals surface area contributed by atoms with Gasteiger partial charge in [0.2, 0.25) is 5.91 Å². The van der Waals surface area contributed by atoms with Crippen LogP contribution in [0.1, 0.15) is 47.4 Å². The van der Waals surface area contributed by atoms with E-state index in [2.05, 4.69) is 9.97 Å². The van der Waals surface area contributed by atoms with E-state index in [0.29, 0.717) is 31.7 Å². The number of hydrogen-bond donors (Lipinski definition) is 0. The van der Waals surface area contributed by atoms with Gasteiger partial charge in [-0.25, -0.2) is 4.98 Å². The van der Waals surface area contributed by atoms with Gasteiger partial charge in [-0.05, 0) is 56.0 Å². The highest BCUT2D eigenvalue weighted by molar-refractivity contribution is 5.92. The number of hydrogen-bond acceptors (Lipinski definition) is 4.